The van der Waals surface area contributed by atoms with Crippen molar-refractivity contribution in [3.63, 3.8) is 0 Å². The molecule has 2 aromatic rings. The van der Waals surface area contributed by atoms with Crippen LogP contribution in [0.1, 0.15) is 21.6 Å². The zero-order chi connectivity index (χ0) is 11.9. The molecule has 1 aromatic carbocycles. The van der Waals surface area contributed by atoms with E-state index in [1.807, 2.05) is 26.0 Å². The zero-order valence-corrected chi connectivity index (χ0v) is 9.80. The molecule has 3 nitrogen and oxygen atoms in total. The van der Waals surface area contributed by atoms with Gasteiger partial charge in [-0.2, -0.15) is 0 Å². The number of nitrogens with two attached hydrogens (primary N) is 1. The van der Waals surface area contributed by atoms with E-state index < -0.39 is 5.91 Å². The fraction of sp³-hybridized carbons (Fsp3) is 0.167. The Kier molecular flexibility index (Phi) is 2.56. The first kappa shape index (κ1) is 10.9. The molecule has 1 aromatic heterocycles. The number of primary amides is 1. The maximum Gasteiger partial charge on any atom is 0.267 e. The Morgan fingerprint density at radius 3 is 2.69 bits per heavy atom. The highest BCUT2D eigenvalue weighted by atomic mass is 35.5. The molecule has 0 unspecified atom stereocenters. The van der Waals surface area contributed by atoms with E-state index in [0.717, 1.165) is 22.0 Å². The second-order valence-electron chi connectivity index (χ2n) is 3.76. The summed E-state index contributed by atoms with van der Waals surface area (Å²) in [5.41, 5.74) is 8.08. The molecular formula is C12H11ClN2O. The molecule has 1 heterocycles. The summed E-state index contributed by atoms with van der Waals surface area (Å²) in [6.07, 6.45) is 0. The highest BCUT2D eigenvalue weighted by Crippen LogP contribution is 2.26. The van der Waals surface area contributed by atoms with Crippen LogP contribution in [0.2, 0.25) is 5.02 Å². The van der Waals surface area contributed by atoms with Crippen LogP contribution in [0.4, 0.5) is 0 Å². The maximum absolute atomic E-state index is 11.1. The quantitative estimate of drug-likeness (QED) is 0.825. The minimum atomic E-state index is -0.524. The van der Waals surface area contributed by atoms with Crippen molar-refractivity contribution >= 4 is 28.4 Å². The monoisotopic (exact) mass is 234 g/mol. The molecule has 0 saturated heterocycles. The Labute approximate surface area is 98.2 Å². The van der Waals surface area contributed by atoms with Crippen LogP contribution >= 0.6 is 11.6 Å². The van der Waals surface area contributed by atoms with Gasteiger partial charge in [0, 0.05) is 10.4 Å². The number of fused-ring (bicyclic) bond motifs is 1. The van der Waals surface area contributed by atoms with Gasteiger partial charge in [-0.15, -0.1) is 0 Å². The predicted octanol–water partition coefficient (Wildman–Crippen LogP) is 2.60. The van der Waals surface area contributed by atoms with Crippen LogP contribution in [0, 0.1) is 13.8 Å². The van der Waals surface area contributed by atoms with Crippen LogP contribution in [0.5, 0.6) is 0 Å². The largest absolute Gasteiger partial charge is 0.364 e. The number of hydrogen-bond donors (Lipinski definition) is 1. The van der Waals surface area contributed by atoms with Gasteiger partial charge in [0.15, 0.2) is 0 Å². The van der Waals surface area contributed by atoms with Gasteiger partial charge < -0.3 is 5.73 Å². The van der Waals surface area contributed by atoms with Crippen LogP contribution in [-0.2, 0) is 0 Å². The number of hydrogen-bond acceptors (Lipinski definition) is 2. The molecule has 16 heavy (non-hydrogen) atoms. The van der Waals surface area contributed by atoms with E-state index in [4.69, 9.17) is 17.3 Å². The van der Waals surface area contributed by atoms with Crippen molar-refractivity contribution in [2.45, 2.75) is 13.8 Å². The summed E-state index contributed by atoms with van der Waals surface area (Å²) in [6.45, 7) is 3.80. The summed E-state index contributed by atoms with van der Waals surface area (Å²) in [5.74, 6) is -0.524. The van der Waals surface area contributed by atoms with Gasteiger partial charge >= 0.3 is 0 Å². The summed E-state index contributed by atoms with van der Waals surface area (Å²) in [6, 6.07) is 5.42. The number of pyridine rings is 1. The van der Waals surface area contributed by atoms with Crippen molar-refractivity contribution in [1.82, 2.24) is 4.98 Å². The molecule has 1 amide bonds. The number of carbonyl (C=O) groups excluding carboxylic acids is 1. The predicted molar refractivity (Wildman–Crippen MR) is 64.7 cm³/mol. The highest BCUT2D eigenvalue weighted by Gasteiger charge is 2.10. The molecule has 0 aliphatic carbocycles. The molecule has 0 bridgehead atoms. The van der Waals surface area contributed by atoms with E-state index in [9.17, 15) is 4.79 Å². The minimum Gasteiger partial charge on any atom is -0.364 e. The number of aromatic nitrogens is 1. The van der Waals surface area contributed by atoms with Gasteiger partial charge in [0.25, 0.3) is 5.91 Å². The van der Waals surface area contributed by atoms with Crippen LogP contribution in [-0.4, -0.2) is 10.9 Å². The Bertz CT molecular complexity index is 593. The molecule has 2 N–H and O–H groups in total. The number of aryl methyl sites for hydroxylation is 2. The molecule has 0 fully saturated rings. The van der Waals surface area contributed by atoms with Crippen molar-refractivity contribution in [3.05, 3.63) is 40.0 Å². The molecule has 0 spiro atoms. The van der Waals surface area contributed by atoms with Crippen molar-refractivity contribution in [1.29, 1.82) is 0 Å². The third-order valence-corrected chi connectivity index (χ3v) is 3.04. The van der Waals surface area contributed by atoms with Crippen LogP contribution < -0.4 is 5.73 Å². The van der Waals surface area contributed by atoms with E-state index in [1.54, 1.807) is 6.07 Å². The Morgan fingerprint density at radius 1 is 1.38 bits per heavy atom. The van der Waals surface area contributed by atoms with E-state index >= 15 is 0 Å². The van der Waals surface area contributed by atoms with Crippen molar-refractivity contribution in [2.75, 3.05) is 0 Å². The van der Waals surface area contributed by atoms with Gasteiger partial charge in [-0.25, -0.2) is 4.98 Å². The number of nitrogens with zero attached hydrogens (tertiary/aromatic N) is 1. The first-order chi connectivity index (χ1) is 7.50. The topological polar surface area (TPSA) is 56.0 Å². The highest BCUT2D eigenvalue weighted by molar-refractivity contribution is 6.32. The number of carbonyl (C=O) groups is 1. The first-order valence-corrected chi connectivity index (χ1v) is 5.24. The molecule has 0 aliphatic rings. The van der Waals surface area contributed by atoms with E-state index in [0.29, 0.717) is 5.02 Å². The van der Waals surface area contributed by atoms with Crippen LogP contribution in [0.3, 0.4) is 0 Å². The third kappa shape index (κ3) is 1.63. The summed E-state index contributed by atoms with van der Waals surface area (Å²) in [4.78, 5) is 15.4. The molecule has 0 atom stereocenters. The molecule has 0 saturated carbocycles. The Morgan fingerprint density at radius 2 is 2.06 bits per heavy atom. The summed E-state index contributed by atoms with van der Waals surface area (Å²) in [5, 5.41) is 1.63. The first-order valence-electron chi connectivity index (χ1n) is 4.87. The van der Waals surface area contributed by atoms with E-state index in [2.05, 4.69) is 4.98 Å². The van der Waals surface area contributed by atoms with Crippen molar-refractivity contribution in [3.8, 4) is 0 Å². The number of rotatable bonds is 1. The number of benzene rings is 1. The SMILES string of the molecule is Cc1cc(C(N)=O)nc2c(C)c(Cl)ccc12. The average Bonchev–Trinajstić information content (AvgIpc) is 2.23. The van der Waals surface area contributed by atoms with Gasteiger partial charge in [0.1, 0.15) is 5.69 Å². The van der Waals surface area contributed by atoms with Gasteiger partial charge in [0.05, 0.1) is 5.52 Å². The third-order valence-electron chi connectivity index (χ3n) is 2.63. The molecule has 0 aliphatic heterocycles. The lowest BCUT2D eigenvalue weighted by atomic mass is 10.1. The second-order valence-corrected chi connectivity index (χ2v) is 4.16. The second kappa shape index (κ2) is 3.76. The lowest BCUT2D eigenvalue weighted by Gasteiger charge is -2.07. The molecule has 82 valence electrons. The van der Waals surface area contributed by atoms with Gasteiger partial charge in [-0.1, -0.05) is 17.7 Å². The Hall–Kier alpha value is -1.61. The standard InChI is InChI=1S/C12H11ClN2O/c1-6-5-10(12(14)16)15-11-7(2)9(13)4-3-8(6)11/h3-5H,1-2H3,(H2,14,16). The number of halogens is 1. The minimum absolute atomic E-state index is 0.273. The van der Waals surface area contributed by atoms with Gasteiger partial charge in [0.2, 0.25) is 0 Å². The normalized spacial score (nSPS) is 10.7. The fourth-order valence-corrected chi connectivity index (χ4v) is 1.85. The number of amides is 1. The van der Waals surface area contributed by atoms with E-state index in [-0.39, 0.29) is 5.69 Å². The Balaban J connectivity index is 2.88. The van der Waals surface area contributed by atoms with Gasteiger partial charge in [-0.3, -0.25) is 4.79 Å². The lowest BCUT2D eigenvalue weighted by molar-refractivity contribution is 0.0996. The maximum atomic E-state index is 11.1. The zero-order valence-electron chi connectivity index (χ0n) is 9.04. The van der Waals surface area contributed by atoms with Crippen molar-refractivity contribution < 1.29 is 4.79 Å². The lowest BCUT2D eigenvalue weighted by Crippen LogP contribution is -2.13. The van der Waals surface area contributed by atoms with E-state index in [1.165, 1.54) is 0 Å². The molecule has 4 heteroatoms. The van der Waals surface area contributed by atoms with Gasteiger partial charge in [-0.05, 0) is 37.1 Å². The van der Waals surface area contributed by atoms with Crippen LogP contribution in [0.15, 0.2) is 18.2 Å². The molecular weight excluding hydrogens is 224 g/mol. The van der Waals surface area contributed by atoms with Crippen LogP contribution in [0.25, 0.3) is 10.9 Å². The summed E-state index contributed by atoms with van der Waals surface area (Å²) < 4.78 is 0. The molecule has 2 rings (SSSR count). The molecule has 0 radical (unpaired) electrons. The summed E-state index contributed by atoms with van der Waals surface area (Å²) in [7, 11) is 0. The fourth-order valence-electron chi connectivity index (χ4n) is 1.70. The summed E-state index contributed by atoms with van der Waals surface area (Å²) >= 11 is 6.02. The average molecular weight is 235 g/mol. The van der Waals surface area contributed by atoms with Crippen molar-refractivity contribution in [2.24, 2.45) is 5.73 Å². The smallest absolute Gasteiger partial charge is 0.267 e.